The molecule has 0 saturated carbocycles. The lowest BCUT2D eigenvalue weighted by atomic mass is 10.2. The van der Waals surface area contributed by atoms with E-state index in [9.17, 15) is 4.79 Å². The Morgan fingerprint density at radius 2 is 2.29 bits per heavy atom. The highest BCUT2D eigenvalue weighted by Crippen LogP contribution is 2.25. The van der Waals surface area contributed by atoms with Gasteiger partial charge in [0.05, 0.1) is 22.6 Å². The normalized spacial score (nSPS) is 10.8. The minimum Gasteiger partial charge on any atom is -0.319 e. The van der Waals surface area contributed by atoms with Crippen molar-refractivity contribution in [3.8, 4) is 0 Å². The van der Waals surface area contributed by atoms with Crippen LogP contribution < -0.4 is 5.32 Å². The molecule has 90 valence electrons. The van der Waals surface area contributed by atoms with E-state index in [-0.39, 0.29) is 5.91 Å². The number of nitrogens with one attached hydrogen (secondary N) is 2. The van der Waals surface area contributed by atoms with Gasteiger partial charge in [-0.2, -0.15) is 5.10 Å². The molecule has 0 atom stereocenters. The Bertz CT molecular complexity index is 516. The molecule has 6 heteroatoms. The van der Waals surface area contributed by atoms with Crippen molar-refractivity contribution in [3.63, 3.8) is 0 Å². The summed E-state index contributed by atoms with van der Waals surface area (Å²) in [5.41, 5.74) is 1.44. The molecule has 2 N–H and O–H groups in total. The van der Waals surface area contributed by atoms with Crippen molar-refractivity contribution in [2.24, 2.45) is 0 Å². The number of nitrogens with zero attached hydrogens (tertiary/aromatic N) is 2. The molecule has 2 aromatic heterocycles. The van der Waals surface area contributed by atoms with E-state index in [1.165, 1.54) is 11.3 Å². The molecule has 2 rings (SSSR count). The van der Waals surface area contributed by atoms with Gasteiger partial charge in [-0.1, -0.05) is 13.8 Å². The number of thiazole rings is 1. The number of aromatic nitrogens is 3. The van der Waals surface area contributed by atoms with Crippen molar-refractivity contribution in [2.45, 2.75) is 26.7 Å². The van der Waals surface area contributed by atoms with Crippen LogP contribution >= 0.6 is 11.3 Å². The summed E-state index contributed by atoms with van der Waals surface area (Å²) in [5, 5.41) is 10.2. The highest BCUT2D eigenvalue weighted by atomic mass is 32.1. The number of rotatable bonds is 3. The Labute approximate surface area is 103 Å². The van der Waals surface area contributed by atoms with Gasteiger partial charge in [-0.3, -0.25) is 9.89 Å². The summed E-state index contributed by atoms with van der Waals surface area (Å²) >= 11 is 1.44. The molecular formula is C11H14N4OS. The maximum absolute atomic E-state index is 12.0. The summed E-state index contributed by atoms with van der Waals surface area (Å²) in [5.74, 6) is 0.211. The first-order valence-electron chi connectivity index (χ1n) is 5.35. The second-order valence-corrected chi connectivity index (χ2v) is 5.09. The SMILES string of the molecule is Cc1nc(C(C)C)sc1C(=O)Nc1cn[nH]c1. The van der Waals surface area contributed by atoms with Gasteiger partial charge >= 0.3 is 0 Å². The third-order valence-electron chi connectivity index (χ3n) is 2.27. The van der Waals surface area contributed by atoms with Crippen LogP contribution in [-0.4, -0.2) is 21.1 Å². The predicted octanol–water partition coefficient (Wildman–Crippen LogP) is 2.55. The number of amides is 1. The first-order chi connectivity index (χ1) is 8.08. The summed E-state index contributed by atoms with van der Waals surface area (Å²) in [6.45, 7) is 5.98. The molecule has 0 spiro atoms. The molecule has 0 bridgehead atoms. The third-order valence-corrected chi connectivity index (χ3v) is 3.73. The Balaban J connectivity index is 2.19. The summed E-state index contributed by atoms with van der Waals surface area (Å²) < 4.78 is 0. The number of aromatic amines is 1. The first-order valence-corrected chi connectivity index (χ1v) is 6.17. The fourth-order valence-corrected chi connectivity index (χ4v) is 2.35. The topological polar surface area (TPSA) is 70.7 Å². The van der Waals surface area contributed by atoms with Crippen LogP contribution in [0.1, 0.15) is 40.1 Å². The van der Waals surface area contributed by atoms with Crippen molar-refractivity contribution in [3.05, 3.63) is 28.0 Å². The van der Waals surface area contributed by atoms with Crippen molar-refractivity contribution in [2.75, 3.05) is 5.32 Å². The van der Waals surface area contributed by atoms with Crippen LogP contribution in [0.25, 0.3) is 0 Å². The van der Waals surface area contributed by atoms with Crippen LogP contribution in [0.4, 0.5) is 5.69 Å². The Morgan fingerprint density at radius 1 is 1.53 bits per heavy atom. The van der Waals surface area contributed by atoms with E-state index in [0.29, 0.717) is 16.5 Å². The van der Waals surface area contributed by atoms with Crippen LogP contribution in [0.2, 0.25) is 0 Å². The zero-order chi connectivity index (χ0) is 12.4. The van der Waals surface area contributed by atoms with Gasteiger partial charge in [0.15, 0.2) is 0 Å². The summed E-state index contributed by atoms with van der Waals surface area (Å²) in [4.78, 5) is 17.0. The zero-order valence-corrected chi connectivity index (χ0v) is 10.8. The van der Waals surface area contributed by atoms with E-state index in [1.807, 2.05) is 6.92 Å². The fraction of sp³-hybridized carbons (Fsp3) is 0.364. The Kier molecular flexibility index (Phi) is 3.23. The van der Waals surface area contributed by atoms with Gasteiger partial charge < -0.3 is 5.32 Å². The van der Waals surface area contributed by atoms with Gasteiger partial charge in [0, 0.05) is 12.1 Å². The molecule has 0 fully saturated rings. The molecule has 0 saturated heterocycles. The molecule has 0 unspecified atom stereocenters. The summed E-state index contributed by atoms with van der Waals surface area (Å²) in [6.07, 6.45) is 3.20. The number of carbonyl (C=O) groups is 1. The minimum atomic E-state index is -0.131. The van der Waals surface area contributed by atoms with E-state index in [4.69, 9.17) is 0 Å². The lowest BCUT2D eigenvalue weighted by molar-refractivity contribution is 0.103. The number of aryl methyl sites for hydroxylation is 1. The van der Waals surface area contributed by atoms with E-state index in [1.54, 1.807) is 12.4 Å². The monoisotopic (exact) mass is 250 g/mol. The van der Waals surface area contributed by atoms with Crippen molar-refractivity contribution in [1.29, 1.82) is 0 Å². The van der Waals surface area contributed by atoms with Gasteiger partial charge in [0.25, 0.3) is 5.91 Å². The lowest BCUT2D eigenvalue weighted by Crippen LogP contribution is -2.10. The number of H-pyrrole nitrogens is 1. The molecule has 0 aromatic carbocycles. The van der Waals surface area contributed by atoms with Crippen molar-refractivity contribution >= 4 is 22.9 Å². The van der Waals surface area contributed by atoms with Crippen LogP contribution in [0, 0.1) is 6.92 Å². The number of hydrogen-bond donors (Lipinski definition) is 2. The average Bonchev–Trinajstić information content (AvgIpc) is 2.86. The van der Waals surface area contributed by atoms with Crippen LogP contribution in [0.15, 0.2) is 12.4 Å². The highest BCUT2D eigenvalue weighted by molar-refractivity contribution is 7.14. The number of hydrogen-bond acceptors (Lipinski definition) is 4. The van der Waals surface area contributed by atoms with Gasteiger partial charge in [-0.15, -0.1) is 11.3 Å². The molecular weight excluding hydrogens is 236 g/mol. The molecule has 17 heavy (non-hydrogen) atoms. The number of anilines is 1. The smallest absolute Gasteiger partial charge is 0.267 e. The first kappa shape index (κ1) is 11.8. The standard InChI is InChI=1S/C11H14N4OS/c1-6(2)11-14-7(3)9(17-11)10(16)15-8-4-12-13-5-8/h4-6H,1-3H3,(H,12,13)(H,15,16). The molecule has 0 aliphatic rings. The third kappa shape index (κ3) is 2.52. The molecule has 1 amide bonds. The minimum absolute atomic E-state index is 0.131. The molecule has 0 aliphatic carbocycles. The van der Waals surface area contributed by atoms with Gasteiger partial charge in [0.1, 0.15) is 4.88 Å². The molecule has 2 aromatic rings. The molecule has 0 radical (unpaired) electrons. The predicted molar refractivity (Wildman–Crippen MR) is 67.5 cm³/mol. The van der Waals surface area contributed by atoms with E-state index < -0.39 is 0 Å². The van der Waals surface area contributed by atoms with E-state index >= 15 is 0 Å². The van der Waals surface area contributed by atoms with Gasteiger partial charge in [0.2, 0.25) is 0 Å². The highest BCUT2D eigenvalue weighted by Gasteiger charge is 2.16. The van der Waals surface area contributed by atoms with Crippen LogP contribution in [-0.2, 0) is 0 Å². The lowest BCUT2D eigenvalue weighted by Gasteiger charge is -1.99. The Morgan fingerprint density at radius 3 is 2.82 bits per heavy atom. The average molecular weight is 250 g/mol. The number of carbonyl (C=O) groups excluding carboxylic acids is 1. The quantitative estimate of drug-likeness (QED) is 0.879. The summed E-state index contributed by atoms with van der Waals surface area (Å²) in [6, 6.07) is 0. The van der Waals surface area contributed by atoms with Crippen molar-refractivity contribution < 1.29 is 4.79 Å². The van der Waals surface area contributed by atoms with Crippen molar-refractivity contribution in [1.82, 2.24) is 15.2 Å². The van der Waals surface area contributed by atoms with E-state index in [2.05, 4.69) is 34.3 Å². The van der Waals surface area contributed by atoms with Crippen LogP contribution in [0.5, 0.6) is 0 Å². The maximum Gasteiger partial charge on any atom is 0.267 e. The molecule has 2 heterocycles. The van der Waals surface area contributed by atoms with Gasteiger partial charge in [-0.05, 0) is 6.92 Å². The van der Waals surface area contributed by atoms with Crippen LogP contribution in [0.3, 0.4) is 0 Å². The maximum atomic E-state index is 12.0. The Hall–Kier alpha value is -1.69. The second-order valence-electron chi connectivity index (χ2n) is 4.06. The fourth-order valence-electron chi connectivity index (χ4n) is 1.38. The molecule has 5 nitrogen and oxygen atoms in total. The van der Waals surface area contributed by atoms with Gasteiger partial charge in [-0.25, -0.2) is 4.98 Å². The zero-order valence-electron chi connectivity index (χ0n) is 9.94. The molecule has 0 aliphatic heterocycles. The second kappa shape index (κ2) is 4.67. The largest absolute Gasteiger partial charge is 0.319 e. The van der Waals surface area contributed by atoms with E-state index in [0.717, 1.165) is 10.7 Å². The summed E-state index contributed by atoms with van der Waals surface area (Å²) in [7, 11) is 0.